The minimum absolute atomic E-state index is 0.187. The molecular formula is C22H25N5O3. The molecule has 4 rings (SSSR count). The summed E-state index contributed by atoms with van der Waals surface area (Å²) >= 11 is 0. The third kappa shape index (κ3) is 4.34. The van der Waals surface area contributed by atoms with Crippen LogP contribution in [0.15, 0.2) is 48.8 Å². The number of benzene rings is 1. The molecule has 1 aliphatic rings. The lowest BCUT2D eigenvalue weighted by atomic mass is 10.1. The molecule has 4 N–H and O–H groups in total. The van der Waals surface area contributed by atoms with Gasteiger partial charge in [0, 0.05) is 31.1 Å². The van der Waals surface area contributed by atoms with Gasteiger partial charge in [-0.2, -0.15) is 0 Å². The Bertz CT molecular complexity index is 996. The first-order chi connectivity index (χ1) is 14.6. The number of nitrogens with zero attached hydrogens (tertiary/aromatic N) is 3. The number of nitrogen functional groups attached to an aromatic ring is 1. The van der Waals surface area contributed by atoms with Crippen molar-refractivity contribution in [2.45, 2.75) is 32.1 Å². The van der Waals surface area contributed by atoms with Gasteiger partial charge < -0.3 is 25.5 Å². The third-order valence-electron chi connectivity index (χ3n) is 5.13. The SMILES string of the molecule is NC(=O)c1cc(-c2cnc(N)nc2)n(CCOC2CCCCO2)c1-c1ccccc1. The van der Waals surface area contributed by atoms with Crippen molar-refractivity contribution < 1.29 is 14.3 Å². The molecule has 1 saturated heterocycles. The normalized spacial score (nSPS) is 16.5. The molecule has 1 aliphatic heterocycles. The van der Waals surface area contributed by atoms with E-state index in [2.05, 4.69) is 9.97 Å². The number of primary amides is 1. The summed E-state index contributed by atoms with van der Waals surface area (Å²) in [5.74, 6) is -0.310. The molecule has 0 aliphatic carbocycles. The quantitative estimate of drug-likeness (QED) is 0.622. The predicted molar refractivity (Wildman–Crippen MR) is 113 cm³/mol. The van der Waals surface area contributed by atoms with E-state index in [-0.39, 0.29) is 12.2 Å². The van der Waals surface area contributed by atoms with E-state index in [4.69, 9.17) is 20.9 Å². The summed E-state index contributed by atoms with van der Waals surface area (Å²) in [4.78, 5) is 20.5. The zero-order chi connectivity index (χ0) is 20.9. The lowest BCUT2D eigenvalue weighted by molar-refractivity contribution is -0.163. The number of amides is 1. The summed E-state index contributed by atoms with van der Waals surface area (Å²) in [6, 6.07) is 11.5. The Labute approximate surface area is 174 Å². The molecule has 156 valence electrons. The highest BCUT2D eigenvalue weighted by molar-refractivity contribution is 6.01. The molecular weight excluding hydrogens is 382 g/mol. The molecule has 1 unspecified atom stereocenters. The first kappa shape index (κ1) is 20.1. The van der Waals surface area contributed by atoms with E-state index < -0.39 is 5.91 Å². The second-order valence-electron chi connectivity index (χ2n) is 7.17. The number of aromatic nitrogens is 3. The zero-order valence-corrected chi connectivity index (χ0v) is 16.7. The van der Waals surface area contributed by atoms with E-state index >= 15 is 0 Å². The lowest BCUT2D eigenvalue weighted by Gasteiger charge is -2.23. The van der Waals surface area contributed by atoms with Crippen LogP contribution in [0.2, 0.25) is 0 Å². The molecule has 1 amide bonds. The van der Waals surface area contributed by atoms with Crippen LogP contribution < -0.4 is 11.5 Å². The maximum absolute atomic E-state index is 12.3. The smallest absolute Gasteiger partial charge is 0.250 e. The van der Waals surface area contributed by atoms with Gasteiger partial charge in [0.05, 0.1) is 23.6 Å². The monoisotopic (exact) mass is 407 g/mol. The highest BCUT2D eigenvalue weighted by Gasteiger charge is 2.22. The molecule has 8 nitrogen and oxygen atoms in total. The Morgan fingerprint density at radius 2 is 1.93 bits per heavy atom. The Hall–Kier alpha value is -3.23. The first-order valence-corrected chi connectivity index (χ1v) is 10.0. The standard InChI is InChI=1S/C22H25N5O3/c23-21(28)17-12-18(16-13-25-22(24)26-14-16)27(20(17)15-6-2-1-3-7-15)9-11-30-19-8-4-5-10-29-19/h1-3,6-7,12-14,19H,4-5,8-11H2,(H2,23,28)(H2,24,25,26). The third-order valence-corrected chi connectivity index (χ3v) is 5.13. The van der Waals surface area contributed by atoms with Gasteiger partial charge in [-0.25, -0.2) is 9.97 Å². The Kier molecular flexibility index (Phi) is 6.06. The van der Waals surface area contributed by atoms with Gasteiger partial charge in [0.15, 0.2) is 6.29 Å². The van der Waals surface area contributed by atoms with Gasteiger partial charge >= 0.3 is 0 Å². The molecule has 2 aromatic heterocycles. The molecule has 0 spiro atoms. The molecule has 1 fully saturated rings. The van der Waals surface area contributed by atoms with E-state index in [0.717, 1.165) is 48.4 Å². The summed E-state index contributed by atoms with van der Waals surface area (Å²) in [5.41, 5.74) is 14.9. The van der Waals surface area contributed by atoms with Crippen LogP contribution in [-0.2, 0) is 16.0 Å². The molecule has 8 heteroatoms. The first-order valence-electron chi connectivity index (χ1n) is 10.0. The van der Waals surface area contributed by atoms with Crippen LogP contribution in [0.5, 0.6) is 0 Å². The summed E-state index contributed by atoms with van der Waals surface area (Å²) in [5, 5.41) is 0. The van der Waals surface area contributed by atoms with Crippen molar-refractivity contribution >= 4 is 11.9 Å². The Morgan fingerprint density at radius 3 is 2.60 bits per heavy atom. The van der Waals surface area contributed by atoms with Gasteiger partial charge in [-0.15, -0.1) is 0 Å². The van der Waals surface area contributed by atoms with Crippen molar-refractivity contribution in [1.29, 1.82) is 0 Å². The topological polar surface area (TPSA) is 118 Å². The van der Waals surface area contributed by atoms with Crippen LogP contribution in [0, 0.1) is 0 Å². The lowest BCUT2D eigenvalue weighted by Crippen LogP contribution is -2.24. The van der Waals surface area contributed by atoms with Gasteiger partial charge in [0.25, 0.3) is 5.91 Å². The average molecular weight is 407 g/mol. The van der Waals surface area contributed by atoms with E-state index in [9.17, 15) is 4.79 Å². The van der Waals surface area contributed by atoms with Crippen molar-refractivity contribution in [2.75, 3.05) is 18.9 Å². The number of carbonyl (C=O) groups excluding carboxylic acids is 1. The highest BCUT2D eigenvalue weighted by atomic mass is 16.7. The van der Waals surface area contributed by atoms with Crippen molar-refractivity contribution in [2.24, 2.45) is 5.73 Å². The number of hydrogen-bond donors (Lipinski definition) is 2. The largest absolute Gasteiger partial charge is 0.368 e. The van der Waals surface area contributed by atoms with Crippen LogP contribution >= 0.6 is 0 Å². The van der Waals surface area contributed by atoms with Crippen molar-refractivity contribution in [3.05, 3.63) is 54.4 Å². The minimum atomic E-state index is -0.498. The van der Waals surface area contributed by atoms with E-state index in [1.807, 2.05) is 34.9 Å². The second kappa shape index (κ2) is 9.06. The van der Waals surface area contributed by atoms with Crippen molar-refractivity contribution in [3.8, 4) is 22.5 Å². The minimum Gasteiger partial charge on any atom is -0.368 e. The van der Waals surface area contributed by atoms with E-state index in [1.54, 1.807) is 18.5 Å². The number of rotatable bonds is 7. The van der Waals surface area contributed by atoms with Crippen LogP contribution in [0.25, 0.3) is 22.5 Å². The molecule has 1 atom stereocenters. The fourth-order valence-corrected chi connectivity index (χ4v) is 3.70. The van der Waals surface area contributed by atoms with E-state index in [1.165, 1.54) is 0 Å². The number of ether oxygens (including phenoxy) is 2. The maximum atomic E-state index is 12.3. The fourth-order valence-electron chi connectivity index (χ4n) is 3.70. The van der Waals surface area contributed by atoms with Crippen LogP contribution in [0.4, 0.5) is 5.95 Å². The van der Waals surface area contributed by atoms with E-state index in [0.29, 0.717) is 18.7 Å². The van der Waals surface area contributed by atoms with Gasteiger partial charge in [-0.1, -0.05) is 30.3 Å². The van der Waals surface area contributed by atoms with Crippen LogP contribution in [0.3, 0.4) is 0 Å². The molecule has 3 aromatic rings. The zero-order valence-electron chi connectivity index (χ0n) is 16.7. The molecule has 0 saturated carbocycles. The van der Waals surface area contributed by atoms with Crippen molar-refractivity contribution in [3.63, 3.8) is 0 Å². The number of carbonyl (C=O) groups is 1. The van der Waals surface area contributed by atoms with Crippen LogP contribution in [-0.4, -0.2) is 39.9 Å². The van der Waals surface area contributed by atoms with Gasteiger partial charge in [0.2, 0.25) is 5.95 Å². The number of hydrogen-bond acceptors (Lipinski definition) is 6. The molecule has 0 radical (unpaired) electrons. The molecule has 0 bridgehead atoms. The van der Waals surface area contributed by atoms with Gasteiger partial charge in [-0.3, -0.25) is 4.79 Å². The predicted octanol–water partition coefficient (Wildman–Crippen LogP) is 2.84. The molecule has 30 heavy (non-hydrogen) atoms. The summed E-state index contributed by atoms with van der Waals surface area (Å²) in [7, 11) is 0. The summed E-state index contributed by atoms with van der Waals surface area (Å²) < 4.78 is 13.6. The van der Waals surface area contributed by atoms with Crippen LogP contribution in [0.1, 0.15) is 29.6 Å². The highest BCUT2D eigenvalue weighted by Crippen LogP contribution is 2.33. The maximum Gasteiger partial charge on any atom is 0.250 e. The average Bonchev–Trinajstić information content (AvgIpc) is 3.15. The Balaban J connectivity index is 1.73. The second-order valence-corrected chi connectivity index (χ2v) is 7.17. The molecule has 1 aromatic carbocycles. The van der Waals surface area contributed by atoms with Crippen molar-refractivity contribution in [1.82, 2.24) is 14.5 Å². The number of nitrogens with two attached hydrogens (primary N) is 2. The summed E-state index contributed by atoms with van der Waals surface area (Å²) in [6.07, 6.45) is 6.15. The van der Waals surface area contributed by atoms with Gasteiger partial charge in [0.1, 0.15) is 0 Å². The fraction of sp³-hybridized carbons (Fsp3) is 0.318. The Morgan fingerprint density at radius 1 is 1.17 bits per heavy atom. The number of anilines is 1. The molecule has 3 heterocycles. The van der Waals surface area contributed by atoms with Gasteiger partial charge in [-0.05, 0) is 30.9 Å². The summed E-state index contributed by atoms with van der Waals surface area (Å²) in [6.45, 7) is 1.67.